The summed E-state index contributed by atoms with van der Waals surface area (Å²) in [6, 6.07) is 0.275. The van der Waals surface area contributed by atoms with Gasteiger partial charge in [-0.25, -0.2) is 0 Å². The molecule has 2 aliphatic rings. The van der Waals surface area contributed by atoms with Gasteiger partial charge >= 0.3 is 0 Å². The quantitative estimate of drug-likeness (QED) is 0.731. The lowest BCUT2D eigenvalue weighted by molar-refractivity contribution is -0.133. The first-order valence-electron chi connectivity index (χ1n) is 5.71. The van der Waals surface area contributed by atoms with Gasteiger partial charge in [-0.1, -0.05) is 20.3 Å². The Balaban J connectivity index is 1.93. The maximum absolute atomic E-state index is 12.0. The molecule has 1 amide bonds. The molecule has 0 unspecified atom stereocenters. The van der Waals surface area contributed by atoms with Gasteiger partial charge in [0, 0.05) is 12.6 Å². The molecule has 1 aliphatic heterocycles. The Hall–Kier alpha value is -0.570. The van der Waals surface area contributed by atoms with Crippen molar-refractivity contribution in [3.05, 3.63) is 0 Å². The highest BCUT2D eigenvalue weighted by Crippen LogP contribution is 2.44. The molecule has 0 aromatic carbocycles. The third-order valence-corrected chi connectivity index (χ3v) is 3.85. The summed E-state index contributed by atoms with van der Waals surface area (Å²) in [7, 11) is 0. The van der Waals surface area contributed by atoms with Crippen LogP contribution in [0.25, 0.3) is 0 Å². The van der Waals surface area contributed by atoms with Gasteiger partial charge in [-0.3, -0.25) is 4.79 Å². The average molecular weight is 196 g/mol. The largest absolute Gasteiger partial charge is 0.338 e. The molecule has 0 spiro atoms. The van der Waals surface area contributed by atoms with Gasteiger partial charge in [0.2, 0.25) is 5.91 Å². The molecule has 2 fully saturated rings. The molecule has 3 heteroatoms. The van der Waals surface area contributed by atoms with Crippen LogP contribution in [-0.4, -0.2) is 29.4 Å². The number of hydrogen-bond donors (Lipinski definition) is 1. The zero-order chi connectivity index (χ0) is 10.3. The zero-order valence-electron chi connectivity index (χ0n) is 9.07. The lowest BCUT2D eigenvalue weighted by atomic mass is 9.99. The van der Waals surface area contributed by atoms with E-state index in [2.05, 4.69) is 13.8 Å². The Labute approximate surface area is 85.6 Å². The van der Waals surface area contributed by atoms with Crippen LogP contribution in [0.2, 0.25) is 0 Å². The average Bonchev–Trinajstić information content (AvgIpc) is 2.87. The molecule has 14 heavy (non-hydrogen) atoms. The van der Waals surface area contributed by atoms with Gasteiger partial charge in [0.1, 0.15) is 0 Å². The molecule has 1 saturated carbocycles. The van der Waals surface area contributed by atoms with Crippen LogP contribution >= 0.6 is 0 Å². The van der Waals surface area contributed by atoms with Gasteiger partial charge in [-0.15, -0.1) is 0 Å². The number of carbonyl (C=O) groups is 1. The third kappa shape index (κ3) is 1.54. The van der Waals surface area contributed by atoms with Crippen LogP contribution in [0, 0.1) is 11.8 Å². The van der Waals surface area contributed by atoms with Gasteiger partial charge in [0.05, 0.1) is 6.04 Å². The first-order chi connectivity index (χ1) is 6.65. The van der Waals surface area contributed by atoms with Crippen molar-refractivity contribution in [3.8, 4) is 0 Å². The van der Waals surface area contributed by atoms with Crippen molar-refractivity contribution in [2.45, 2.75) is 45.2 Å². The van der Waals surface area contributed by atoms with E-state index in [4.69, 9.17) is 5.73 Å². The summed E-state index contributed by atoms with van der Waals surface area (Å²) in [4.78, 5) is 14.0. The molecule has 4 atom stereocenters. The Morgan fingerprint density at radius 3 is 2.79 bits per heavy atom. The number of fused-ring (bicyclic) bond motifs is 1. The van der Waals surface area contributed by atoms with Gasteiger partial charge in [-0.2, -0.15) is 0 Å². The minimum absolute atomic E-state index is 0.185. The lowest BCUT2D eigenvalue weighted by Gasteiger charge is -2.25. The summed E-state index contributed by atoms with van der Waals surface area (Å²) in [5, 5.41) is 0. The van der Waals surface area contributed by atoms with E-state index < -0.39 is 0 Å². The minimum Gasteiger partial charge on any atom is -0.338 e. The number of piperidine rings is 1. The van der Waals surface area contributed by atoms with E-state index >= 15 is 0 Å². The topological polar surface area (TPSA) is 46.3 Å². The summed E-state index contributed by atoms with van der Waals surface area (Å²) in [6.45, 7) is 5.09. The Morgan fingerprint density at radius 1 is 1.64 bits per heavy atom. The second-order valence-electron chi connectivity index (χ2n) is 4.79. The molecular weight excluding hydrogens is 176 g/mol. The monoisotopic (exact) mass is 196 g/mol. The van der Waals surface area contributed by atoms with Crippen LogP contribution in [0.3, 0.4) is 0 Å². The van der Waals surface area contributed by atoms with Crippen molar-refractivity contribution in [1.82, 2.24) is 4.90 Å². The predicted octanol–water partition coefficient (Wildman–Crippen LogP) is 0.981. The summed E-state index contributed by atoms with van der Waals surface area (Å²) >= 11 is 0. The second-order valence-corrected chi connectivity index (χ2v) is 4.79. The molecule has 3 nitrogen and oxygen atoms in total. The van der Waals surface area contributed by atoms with Crippen molar-refractivity contribution in [2.24, 2.45) is 17.6 Å². The molecule has 80 valence electrons. The molecular formula is C11H20N2O. The molecule has 2 rings (SSSR count). The third-order valence-electron chi connectivity index (χ3n) is 3.85. The van der Waals surface area contributed by atoms with Crippen LogP contribution in [0.15, 0.2) is 0 Å². The molecule has 1 aliphatic carbocycles. The first kappa shape index (κ1) is 9.97. The van der Waals surface area contributed by atoms with Crippen molar-refractivity contribution < 1.29 is 4.79 Å². The van der Waals surface area contributed by atoms with Crippen LogP contribution in [0.4, 0.5) is 0 Å². The molecule has 0 radical (unpaired) electrons. The smallest absolute Gasteiger partial charge is 0.240 e. The minimum atomic E-state index is -0.278. The highest BCUT2D eigenvalue weighted by Gasteiger charge is 2.49. The number of nitrogens with zero attached hydrogens (tertiary/aromatic N) is 1. The molecule has 0 aromatic rings. The fourth-order valence-corrected chi connectivity index (χ4v) is 2.36. The van der Waals surface area contributed by atoms with Crippen LogP contribution in [0.5, 0.6) is 0 Å². The summed E-state index contributed by atoms with van der Waals surface area (Å²) in [5.74, 6) is 1.30. The van der Waals surface area contributed by atoms with Gasteiger partial charge in [0.15, 0.2) is 0 Å². The van der Waals surface area contributed by atoms with Crippen molar-refractivity contribution in [3.63, 3.8) is 0 Å². The van der Waals surface area contributed by atoms with E-state index in [0.717, 1.165) is 18.9 Å². The van der Waals surface area contributed by atoms with Crippen LogP contribution in [-0.2, 0) is 4.79 Å². The van der Waals surface area contributed by atoms with Gasteiger partial charge in [0.25, 0.3) is 0 Å². The van der Waals surface area contributed by atoms with E-state index in [1.54, 1.807) is 0 Å². The maximum atomic E-state index is 12.0. The number of amides is 1. The first-order valence-corrected chi connectivity index (χ1v) is 5.71. The van der Waals surface area contributed by atoms with E-state index in [9.17, 15) is 4.79 Å². The summed E-state index contributed by atoms with van der Waals surface area (Å²) in [6.07, 6.45) is 3.40. The standard InChI is InChI=1S/C11H20N2O/c1-3-7(2)10(12)11(14)13-5-4-8-6-9(8)13/h7-10H,3-6,12H2,1-2H3/t7-,8+,9-,10-/m0/s1. The summed E-state index contributed by atoms with van der Waals surface area (Å²) in [5.41, 5.74) is 5.94. The normalized spacial score (nSPS) is 33.8. The van der Waals surface area contributed by atoms with Crippen molar-refractivity contribution in [1.29, 1.82) is 0 Å². The number of carbonyl (C=O) groups excluding carboxylic acids is 1. The van der Waals surface area contributed by atoms with Gasteiger partial charge < -0.3 is 10.6 Å². The van der Waals surface area contributed by atoms with E-state index in [-0.39, 0.29) is 11.9 Å². The van der Waals surface area contributed by atoms with Crippen LogP contribution < -0.4 is 5.73 Å². The number of likely N-dealkylation sites (tertiary alicyclic amines) is 1. The van der Waals surface area contributed by atoms with Crippen molar-refractivity contribution in [2.75, 3.05) is 6.54 Å². The predicted molar refractivity (Wildman–Crippen MR) is 55.7 cm³/mol. The lowest BCUT2D eigenvalue weighted by Crippen LogP contribution is -2.47. The molecule has 1 heterocycles. The maximum Gasteiger partial charge on any atom is 0.240 e. The summed E-state index contributed by atoms with van der Waals surface area (Å²) < 4.78 is 0. The number of hydrogen-bond acceptors (Lipinski definition) is 2. The Bertz CT molecular complexity index is 241. The second kappa shape index (κ2) is 3.54. The van der Waals surface area contributed by atoms with E-state index in [1.807, 2.05) is 4.90 Å². The van der Waals surface area contributed by atoms with Gasteiger partial charge in [-0.05, 0) is 24.7 Å². The fraction of sp³-hybridized carbons (Fsp3) is 0.909. The van der Waals surface area contributed by atoms with Crippen molar-refractivity contribution >= 4 is 5.91 Å². The highest BCUT2D eigenvalue weighted by molar-refractivity contribution is 5.83. The fourth-order valence-electron chi connectivity index (χ4n) is 2.36. The Kier molecular flexibility index (Phi) is 2.52. The van der Waals surface area contributed by atoms with E-state index in [1.165, 1.54) is 12.8 Å². The number of rotatable bonds is 3. The Morgan fingerprint density at radius 2 is 2.36 bits per heavy atom. The molecule has 0 aromatic heterocycles. The molecule has 1 saturated heterocycles. The highest BCUT2D eigenvalue weighted by atomic mass is 16.2. The number of nitrogens with two attached hydrogens (primary N) is 1. The van der Waals surface area contributed by atoms with Crippen LogP contribution in [0.1, 0.15) is 33.1 Å². The SMILES string of the molecule is CC[C@H](C)[C@H](N)C(=O)N1CC[C@@H]2C[C@@H]21. The molecule has 2 N–H and O–H groups in total. The van der Waals surface area contributed by atoms with E-state index in [0.29, 0.717) is 12.0 Å². The zero-order valence-corrected chi connectivity index (χ0v) is 9.07. The molecule has 0 bridgehead atoms.